The van der Waals surface area contributed by atoms with Crippen molar-refractivity contribution >= 4 is 34.4 Å². The molecule has 1 fully saturated rings. The Kier molecular flexibility index (Phi) is 4.62. The van der Waals surface area contributed by atoms with Gasteiger partial charge in [-0.1, -0.05) is 6.07 Å². The zero-order valence-electron chi connectivity index (χ0n) is 16.0. The van der Waals surface area contributed by atoms with E-state index in [1.807, 2.05) is 17.0 Å². The molecule has 0 saturated carbocycles. The molecule has 1 atom stereocenters. The molecule has 1 saturated heterocycles. The predicted octanol–water partition coefficient (Wildman–Crippen LogP) is 3.68. The smallest absolute Gasteiger partial charge is 0.270 e. The van der Waals surface area contributed by atoms with Crippen LogP contribution in [0.2, 0.25) is 0 Å². The summed E-state index contributed by atoms with van der Waals surface area (Å²) >= 11 is 1.27. The number of thiazole rings is 1. The highest BCUT2D eigenvalue weighted by atomic mass is 32.1. The number of rotatable bonds is 3. The van der Waals surface area contributed by atoms with Gasteiger partial charge in [-0.3, -0.25) is 4.79 Å². The Hall–Kier alpha value is -3.07. The Morgan fingerprint density at radius 2 is 2.07 bits per heavy atom. The number of hydrogen-bond acceptors (Lipinski definition) is 6. The molecule has 5 rings (SSSR count). The van der Waals surface area contributed by atoms with Crippen LogP contribution in [0.15, 0.2) is 36.5 Å². The number of pyridine rings is 1. The number of halogens is 2. The first kappa shape index (κ1) is 18.9. The molecule has 2 aliphatic heterocycles. The summed E-state index contributed by atoms with van der Waals surface area (Å²) in [6.45, 7) is 1.36. The number of hydrogen-bond donors (Lipinski definition) is 1. The summed E-state index contributed by atoms with van der Waals surface area (Å²) < 4.78 is 27.9. The molecule has 0 aliphatic carbocycles. The number of benzene rings is 1. The van der Waals surface area contributed by atoms with Crippen molar-refractivity contribution in [2.24, 2.45) is 0 Å². The Morgan fingerprint density at radius 1 is 1.20 bits per heavy atom. The minimum absolute atomic E-state index is 0.0133. The molecule has 2 aromatic heterocycles. The molecule has 6 nitrogen and oxygen atoms in total. The van der Waals surface area contributed by atoms with Gasteiger partial charge in [0.15, 0.2) is 5.82 Å². The van der Waals surface area contributed by atoms with E-state index in [2.05, 4.69) is 9.97 Å². The molecular weight excluding hydrogens is 408 g/mol. The second-order valence-corrected chi connectivity index (χ2v) is 8.42. The van der Waals surface area contributed by atoms with Gasteiger partial charge in [-0.15, -0.1) is 11.3 Å². The van der Waals surface area contributed by atoms with E-state index in [-0.39, 0.29) is 17.3 Å². The number of nitrogen functional groups attached to an aromatic ring is 1. The van der Waals surface area contributed by atoms with Crippen LogP contribution >= 0.6 is 11.3 Å². The zero-order chi connectivity index (χ0) is 20.8. The van der Waals surface area contributed by atoms with Gasteiger partial charge in [0.05, 0.1) is 23.6 Å². The topological polar surface area (TPSA) is 75.3 Å². The first-order valence-corrected chi connectivity index (χ1v) is 10.5. The maximum atomic E-state index is 14.4. The van der Waals surface area contributed by atoms with Gasteiger partial charge in [0.25, 0.3) is 5.91 Å². The summed E-state index contributed by atoms with van der Waals surface area (Å²) in [5.74, 6) is -0.129. The Bertz CT molecular complexity index is 1120. The SMILES string of the molecule is Nc1cccc(N2CCc3nc(-c4ccc(N5CCC(F)C5)nc4)sc3C2=O)c1F. The van der Waals surface area contributed by atoms with Crippen LogP contribution in [0.4, 0.5) is 26.0 Å². The molecule has 9 heteroatoms. The largest absolute Gasteiger partial charge is 0.396 e. The third kappa shape index (κ3) is 3.19. The van der Waals surface area contributed by atoms with Crippen molar-refractivity contribution in [1.82, 2.24) is 9.97 Å². The average molecular weight is 427 g/mol. The zero-order valence-corrected chi connectivity index (χ0v) is 16.8. The van der Waals surface area contributed by atoms with Crippen LogP contribution in [0, 0.1) is 5.82 Å². The van der Waals surface area contributed by atoms with E-state index in [0.717, 1.165) is 11.4 Å². The van der Waals surface area contributed by atoms with E-state index in [4.69, 9.17) is 5.73 Å². The van der Waals surface area contributed by atoms with Crippen molar-refractivity contribution in [2.45, 2.75) is 19.0 Å². The highest BCUT2D eigenvalue weighted by molar-refractivity contribution is 7.17. The molecular formula is C21H19F2N5OS. The van der Waals surface area contributed by atoms with Crippen molar-refractivity contribution in [2.75, 3.05) is 35.2 Å². The van der Waals surface area contributed by atoms with Crippen LogP contribution in [0.3, 0.4) is 0 Å². The van der Waals surface area contributed by atoms with Crippen LogP contribution in [0.25, 0.3) is 10.6 Å². The number of nitrogens with zero attached hydrogens (tertiary/aromatic N) is 4. The average Bonchev–Trinajstić information content (AvgIpc) is 3.38. The highest BCUT2D eigenvalue weighted by Gasteiger charge is 2.31. The highest BCUT2D eigenvalue weighted by Crippen LogP contribution is 2.35. The summed E-state index contributed by atoms with van der Waals surface area (Å²) in [6.07, 6.45) is 1.94. The molecule has 154 valence electrons. The number of carbonyl (C=O) groups is 1. The predicted molar refractivity (Wildman–Crippen MR) is 113 cm³/mol. The molecule has 3 aromatic rings. The number of fused-ring (bicyclic) bond motifs is 1. The van der Waals surface area contributed by atoms with Gasteiger partial charge in [-0.2, -0.15) is 0 Å². The third-order valence-electron chi connectivity index (χ3n) is 5.46. The normalized spacial score (nSPS) is 18.7. The Labute approximate surface area is 176 Å². The first-order chi connectivity index (χ1) is 14.5. The molecule has 4 heterocycles. The van der Waals surface area contributed by atoms with Crippen molar-refractivity contribution in [3.63, 3.8) is 0 Å². The van der Waals surface area contributed by atoms with Crippen LogP contribution in [0.5, 0.6) is 0 Å². The van der Waals surface area contributed by atoms with Crippen LogP contribution in [-0.2, 0) is 6.42 Å². The minimum Gasteiger partial charge on any atom is -0.396 e. The van der Waals surface area contributed by atoms with Gasteiger partial charge in [0, 0.05) is 31.3 Å². The quantitative estimate of drug-likeness (QED) is 0.646. The number of nitrogens with two attached hydrogens (primary N) is 1. The van der Waals surface area contributed by atoms with Gasteiger partial charge in [0.1, 0.15) is 21.9 Å². The second kappa shape index (κ2) is 7.32. The van der Waals surface area contributed by atoms with E-state index in [0.29, 0.717) is 48.1 Å². The van der Waals surface area contributed by atoms with Gasteiger partial charge in [-0.05, 0) is 30.7 Å². The van der Waals surface area contributed by atoms with Crippen LogP contribution in [-0.4, -0.2) is 41.7 Å². The van der Waals surface area contributed by atoms with Crippen molar-refractivity contribution in [3.8, 4) is 10.6 Å². The van der Waals surface area contributed by atoms with E-state index in [1.165, 1.54) is 22.3 Å². The van der Waals surface area contributed by atoms with E-state index < -0.39 is 12.0 Å². The van der Waals surface area contributed by atoms with E-state index >= 15 is 0 Å². The Morgan fingerprint density at radius 3 is 2.80 bits per heavy atom. The maximum Gasteiger partial charge on any atom is 0.270 e. The molecule has 1 amide bonds. The van der Waals surface area contributed by atoms with E-state index in [9.17, 15) is 13.6 Å². The second-order valence-electron chi connectivity index (χ2n) is 7.42. The fraction of sp³-hybridized carbons (Fsp3) is 0.286. The van der Waals surface area contributed by atoms with Gasteiger partial charge in [0.2, 0.25) is 0 Å². The summed E-state index contributed by atoms with van der Waals surface area (Å²) in [4.78, 5) is 25.9. The van der Waals surface area contributed by atoms with Gasteiger partial charge >= 0.3 is 0 Å². The molecule has 2 aliphatic rings. The molecule has 2 N–H and O–H groups in total. The lowest BCUT2D eigenvalue weighted by atomic mass is 10.1. The lowest BCUT2D eigenvalue weighted by Gasteiger charge is -2.26. The number of amides is 1. The molecule has 0 radical (unpaired) electrons. The summed E-state index contributed by atoms with van der Waals surface area (Å²) in [5.41, 5.74) is 7.36. The number of carbonyl (C=O) groups excluding carboxylic acids is 1. The summed E-state index contributed by atoms with van der Waals surface area (Å²) in [7, 11) is 0. The van der Waals surface area contributed by atoms with Gasteiger partial charge < -0.3 is 15.5 Å². The van der Waals surface area contributed by atoms with E-state index in [1.54, 1.807) is 18.3 Å². The molecule has 0 spiro atoms. The third-order valence-corrected chi connectivity index (χ3v) is 6.59. The fourth-order valence-corrected chi connectivity index (χ4v) is 4.91. The number of alkyl halides is 1. The lowest BCUT2D eigenvalue weighted by molar-refractivity contribution is 0.0983. The first-order valence-electron chi connectivity index (χ1n) is 9.72. The number of anilines is 3. The summed E-state index contributed by atoms with van der Waals surface area (Å²) in [6, 6.07) is 8.39. The van der Waals surface area contributed by atoms with Crippen molar-refractivity contribution in [1.29, 1.82) is 0 Å². The van der Waals surface area contributed by atoms with Crippen LogP contribution in [0.1, 0.15) is 21.8 Å². The Balaban J connectivity index is 1.41. The standard InChI is InChI=1S/C21H19F2N5OS/c22-13-6-8-27(11-13)17-5-4-12(10-25-17)20-26-15-7-9-28(21(29)19(15)30-20)16-3-1-2-14(24)18(16)23/h1-5,10,13H,6-9,11,24H2. The fourth-order valence-electron chi connectivity index (χ4n) is 3.85. The molecule has 1 aromatic carbocycles. The van der Waals surface area contributed by atoms with Crippen molar-refractivity contribution < 1.29 is 13.6 Å². The molecule has 30 heavy (non-hydrogen) atoms. The minimum atomic E-state index is -0.809. The monoisotopic (exact) mass is 427 g/mol. The van der Waals surface area contributed by atoms with Crippen molar-refractivity contribution in [3.05, 3.63) is 52.9 Å². The van der Waals surface area contributed by atoms with Gasteiger partial charge in [-0.25, -0.2) is 18.7 Å². The maximum absolute atomic E-state index is 14.4. The molecule has 1 unspecified atom stereocenters. The summed E-state index contributed by atoms with van der Waals surface area (Å²) in [5, 5.41) is 0.687. The molecule has 0 bridgehead atoms. The lowest BCUT2D eigenvalue weighted by Crippen LogP contribution is -2.37. The number of aromatic nitrogens is 2. The van der Waals surface area contributed by atoms with Crippen LogP contribution < -0.4 is 15.5 Å².